The number of carbonyl (C=O) groups is 1. The number of benzene rings is 2. The van der Waals surface area contributed by atoms with Gasteiger partial charge < -0.3 is 10.1 Å². The molecule has 0 aromatic heterocycles. The van der Waals surface area contributed by atoms with Crippen molar-refractivity contribution in [2.45, 2.75) is 25.7 Å². The van der Waals surface area contributed by atoms with Crippen LogP contribution in [-0.4, -0.2) is 20.9 Å². The second-order valence-electron chi connectivity index (χ2n) is 5.87. The van der Waals surface area contributed by atoms with Crippen LogP contribution in [0.5, 0.6) is 5.75 Å². The SMILES string of the molecule is Cc1ccc(NS(=O)(=O)c2cc3c(cc2C)NC(=O)CO3)c(C)c1. The number of nitrogens with one attached hydrogen (secondary N) is 2. The van der Waals surface area contributed by atoms with Crippen LogP contribution in [0.15, 0.2) is 35.2 Å². The van der Waals surface area contributed by atoms with Gasteiger partial charge in [-0.3, -0.25) is 9.52 Å². The molecule has 0 radical (unpaired) electrons. The Morgan fingerprint density at radius 2 is 1.83 bits per heavy atom. The Morgan fingerprint density at radius 1 is 1.08 bits per heavy atom. The van der Waals surface area contributed by atoms with E-state index in [9.17, 15) is 13.2 Å². The van der Waals surface area contributed by atoms with Gasteiger partial charge in [-0.15, -0.1) is 0 Å². The van der Waals surface area contributed by atoms with E-state index in [1.54, 1.807) is 19.1 Å². The summed E-state index contributed by atoms with van der Waals surface area (Å²) in [6, 6.07) is 8.55. The van der Waals surface area contributed by atoms with Gasteiger partial charge in [-0.25, -0.2) is 8.42 Å². The summed E-state index contributed by atoms with van der Waals surface area (Å²) in [7, 11) is -3.77. The zero-order valence-corrected chi connectivity index (χ0v) is 14.5. The molecular weight excluding hydrogens is 328 g/mol. The van der Waals surface area contributed by atoms with Gasteiger partial charge in [-0.05, 0) is 44.0 Å². The van der Waals surface area contributed by atoms with E-state index >= 15 is 0 Å². The summed E-state index contributed by atoms with van der Waals surface area (Å²) in [5.74, 6) is 0.0899. The standard InChI is InChI=1S/C17H18N2O4S/c1-10-4-5-13(11(2)6-10)19-24(21,22)16-8-15-14(7-12(16)3)18-17(20)9-23-15/h4-8,19H,9H2,1-3H3,(H,18,20). The molecule has 2 aromatic rings. The molecule has 1 heterocycles. The molecule has 0 saturated carbocycles. The third-order valence-electron chi connectivity index (χ3n) is 3.83. The summed E-state index contributed by atoms with van der Waals surface area (Å²) in [5, 5.41) is 2.67. The monoisotopic (exact) mass is 346 g/mol. The number of ether oxygens (including phenoxy) is 1. The molecule has 2 N–H and O–H groups in total. The lowest BCUT2D eigenvalue weighted by Crippen LogP contribution is -2.26. The van der Waals surface area contributed by atoms with Gasteiger partial charge in [-0.1, -0.05) is 17.7 Å². The molecule has 0 unspecified atom stereocenters. The first-order valence-corrected chi connectivity index (χ1v) is 8.92. The molecule has 1 aliphatic heterocycles. The van der Waals surface area contributed by atoms with E-state index in [0.29, 0.717) is 22.7 Å². The van der Waals surface area contributed by atoms with Gasteiger partial charge in [0.25, 0.3) is 15.9 Å². The molecule has 0 fully saturated rings. The highest BCUT2D eigenvalue weighted by Gasteiger charge is 2.24. The summed E-state index contributed by atoms with van der Waals surface area (Å²) >= 11 is 0. The summed E-state index contributed by atoms with van der Waals surface area (Å²) in [6.45, 7) is 5.35. The molecule has 0 atom stereocenters. The average Bonchev–Trinajstić information content (AvgIpc) is 2.49. The van der Waals surface area contributed by atoms with Gasteiger partial charge >= 0.3 is 0 Å². The molecule has 7 heteroatoms. The van der Waals surface area contributed by atoms with E-state index in [1.807, 2.05) is 26.0 Å². The van der Waals surface area contributed by atoms with Crippen molar-refractivity contribution in [3.05, 3.63) is 47.0 Å². The number of rotatable bonds is 3. The third-order valence-corrected chi connectivity index (χ3v) is 5.33. The van der Waals surface area contributed by atoms with E-state index in [1.165, 1.54) is 6.07 Å². The van der Waals surface area contributed by atoms with Crippen molar-refractivity contribution in [2.24, 2.45) is 0 Å². The normalized spacial score (nSPS) is 13.7. The topological polar surface area (TPSA) is 84.5 Å². The summed E-state index contributed by atoms with van der Waals surface area (Å²) in [4.78, 5) is 11.5. The predicted octanol–water partition coefficient (Wildman–Crippen LogP) is 2.74. The van der Waals surface area contributed by atoms with Crippen LogP contribution < -0.4 is 14.8 Å². The molecule has 3 rings (SSSR count). The van der Waals surface area contributed by atoms with Gasteiger partial charge in [0.1, 0.15) is 5.75 Å². The fourth-order valence-electron chi connectivity index (χ4n) is 2.63. The van der Waals surface area contributed by atoms with Crippen LogP contribution in [0.3, 0.4) is 0 Å². The zero-order valence-electron chi connectivity index (χ0n) is 13.6. The maximum Gasteiger partial charge on any atom is 0.262 e. The first kappa shape index (κ1) is 16.3. The van der Waals surface area contributed by atoms with Crippen molar-refractivity contribution in [1.29, 1.82) is 0 Å². The highest BCUT2D eigenvalue weighted by molar-refractivity contribution is 7.92. The van der Waals surface area contributed by atoms with Gasteiger partial charge in [0.2, 0.25) is 0 Å². The van der Waals surface area contributed by atoms with Gasteiger partial charge in [0.05, 0.1) is 16.3 Å². The molecule has 2 aromatic carbocycles. The van der Waals surface area contributed by atoms with Crippen LogP contribution in [0.2, 0.25) is 0 Å². The Morgan fingerprint density at radius 3 is 2.54 bits per heavy atom. The van der Waals surface area contributed by atoms with Crippen LogP contribution >= 0.6 is 0 Å². The Kier molecular flexibility index (Phi) is 3.96. The van der Waals surface area contributed by atoms with Crippen molar-refractivity contribution in [1.82, 2.24) is 0 Å². The summed E-state index contributed by atoms with van der Waals surface area (Å²) < 4.78 is 33.4. The second kappa shape index (κ2) is 5.83. The Balaban J connectivity index is 1.99. The van der Waals surface area contributed by atoms with Crippen LogP contribution in [0.1, 0.15) is 16.7 Å². The quantitative estimate of drug-likeness (QED) is 0.895. The minimum atomic E-state index is -3.77. The number of sulfonamides is 1. The fourth-order valence-corrected chi connectivity index (χ4v) is 4.01. The molecule has 0 bridgehead atoms. The number of hydrogen-bond acceptors (Lipinski definition) is 4. The zero-order chi connectivity index (χ0) is 17.5. The van der Waals surface area contributed by atoms with E-state index in [4.69, 9.17) is 4.74 Å². The second-order valence-corrected chi connectivity index (χ2v) is 7.53. The first-order valence-electron chi connectivity index (χ1n) is 7.43. The Hall–Kier alpha value is -2.54. The predicted molar refractivity (Wildman–Crippen MR) is 92.0 cm³/mol. The molecule has 0 spiro atoms. The van der Waals surface area contributed by atoms with Crippen molar-refractivity contribution in [2.75, 3.05) is 16.6 Å². The van der Waals surface area contributed by atoms with E-state index in [-0.39, 0.29) is 17.4 Å². The number of anilines is 2. The Labute approximate surface area is 140 Å². The fraction of sp³-hybridized carbons (Fsp3) is 0.235. The van der Waals surface area contributed by atoms with E-state index < -0.39 is 10.0 Å². The smallest absolute Gasteiger partial charge is 0.262 e. The Bertz CT molecular complexity index is 936. The lowest BCUT2D eigenvalue weighted by atomic mass is 10.1. The van der Waals surface area contributed by atoms with E-state index in [0.717, 1.165) is 11.1 Å². The largest absolute Gasteiger partial charge is 0.482 e. The lowest BCUT2D eigenvalue weighted by Gasteiger charge is -2.20. The lowest BCUT2D eigenvalue weighted by molar-refractivity contribution is -0.118. The molecule has 126 valence electrons. The average molecular weight is 346 g/mol. The van der Waals surface area contributed by atoms with E-state index in [2.05, 4.69) is 10.0 Å². The number of aryl methyl sites for hydroxylation is 3. The van der Waals surface area contributed by atoms with Crippen molar-refractivity contribution in [3.8, 4) is 5.75 Å². The third kappa shape index (κ3) is 3.07. The maximum atomic E-state index is 12.8. The maximum absolute atomic E-state index is 12.8. The molecule has 0 aliphatic carbocycles. The molecule has 1 amide bonds. The molecule has 0 saturated heterocycles. The van der Waals surface area contributed by atoms with Crippen LogP contribution in [0, 0.1) is 20.8 Å². The highest BCUT2D eigenvalue weighted by atomic mass is 32.2. The van der Waals surface area contributed by atoms with Crippen LogP contribution in [0.4, 0.5) is 11.4 Å². The summed E-state index contributed by atoms with van der Waals surface area (Å²) in [6.07, 6.45) is 0. The number of carbonyl (C=O) groups excluding carboxylic acids is 1. The molecule has 1 aliphatic rings. The van der Waals surface area contributed by atoms with Crippen LogP contribution in [-0.2, 0) is 14.8 Å². The van der Waals surface area contributed by atoms with Gasteiger partial charge in [0, 0.05) is 6.07 Å². The molecule has 24 heavy (non-hydrogen) atoms. The van der Waals surface area contributed by atoms with Crippen molar-refractivity contribution < 1.29 is 17.9 Å². The van der Waals surface area contributed by atoms with Crippen molar-refractivity contribution >= 4 is 27.3 Å². The minimum absolute atomic E-state index is 0.123. The number of hydrogen-bond donors (Lipinski definition) is 2. The highest BCUT2D eigenvalue weighted by Crippen LogP contribution is 2.33. The summed E-state index contributed by atoms with van der Waals surface area (Å²) in [5.41, 5.74) is 3.44. The minimum Gasteiger partial charge on any atom is -0.482 e. The number of fused-ring (bicyclic) bond motifs is 1. The van der Waals surface area contributed by atoms with Gasteiger partial charge in [-0.2, -0.15) is 0 Å². The number of amides is 1. The van der Waals surface area contributed by atoms with Crippen LogP contribution in [0.25, 0.3) is 0 Å². The first-order chi connectivity index (χ1) is 11.3. The molecule has 6 nitrogen and oxygen atoms in total. The molecular formula is C17H18N2O4S. The van der Waals surface area contributed by atoms with Gasteiger partial charge in [0.15, 0.2) is 6.61 Å². The van der Waals surface area contributed by atoms with Crippen molar-refractivity contribution in [3.63, 3.8) is 0 Å².